The number of aromatic nitrogens is 1. The van der Waals surface area contributed by atoms with Crippen LogP contribution >= 0.6 is 22.9 Å². The molecule has 1 amide bonds. The van der Waals surface area contributed by atoms with Crippen LogP contribution in [0, 0.1) is 6.92 Å². The molecule has 104 valence electrons. The molecule has 1 N–H and O–H groups in total. The number of carbonyl (C=O) groups is 2. The Morgan fingerprint density at radius 2 is 2.15 bits per heavy atom. The van der Waals surface area contributed by atoms with Crippen molar-refractivity contribution in [3.63, 3.8) is 0 Å². The van der Waals surface area contributed by atoms with Gasteiger partial charge in [-0.2, -0.15) is 0 Å². The first-order valence-electron chi connectivity index (χ1n) is 5.63. The number of carbonyl (C=O) groups excluding carboxylic acids is 2. The van der Waals surface area contributed by atoms with Gasteiger partial charge in [0.25, 0.3) is 5.91 Å². The molecule has 0 aliphatic rings. The number of halogens is 1. The van der Waals surface area contributed by atoms with Crippen molar-refractivity contribution >= 4 is 40.5 Å². The van der Waals surface area contributed by atoms with E-state index < -0.39 is 5.97 Å². The molecule has 0 fully saturated rings. The van der Waals surface area contributed by atoms with Crippen LogP contribution in [0.25, 0.3) is 0 Å². The zero-order chi connectivity index (χ0) is 14.7. The van der Waals surface area contributed by atoms with Gasteiger partial charge in [0.05, 0.1) is 34.6 Å². The number of aryl methyl sites for hydroxylation is 1. The first kappa shape index (κ1) is 14.5. The van der Waals surface area contributed by atoms with Gasteiger partial charge in [0.2, 0.25) is 0 Å². The lowest BCUT2D eigenvalue weighted by atomic mass is 10.2. The van der Waals surface area contributed by atoms with Crippen molar-refractivity contribution < 1.29 is 14.3 Å². The Morgan fingerprint density at radius 1 is 1.40 bits per heavy atom. The summed E-state index contributed by atoms with van der Waals surface area (Å²) in [6.45, 7) is 1.81. The van der Waals surface area contributed by atoms with Gasteiger partial charge >= 0.3 is 5.97 Å². The van der Waals surface area contributed by atoms with Crippen molar-refractivity contribution in [1.82, 2.24) is 4.98 Å². The third kappa shape index (κ3) is 3.15. The minimum atomic E-state index is -0.495. The standard InChI is InChI=1S/C13H11ClN2O3S/c1-7-15-6-11(20-7)12(17)16-10-5-8(13(18)19-2)3-4-9(10)14/h3-6H,1-2H3,(H,16,17). The molecule has 0 saturated carbocycles. The zero-order valence-corrected chi connectivity index (χ0v) is 12.3. The molecule has 0 saturated heterocycles. The van der Waals surface area contributed by atoms with Crippen LogP contribution in [0.3, 0.4) is 0 Å². The number of esters is 1. The normalized spacial score (nSPS) is 10.2. The van der Waals surface area contributed by atoms with Gasteiger partial charge in [-0.1, -0.05) is 11.6 Å². The summed E-state index contributed by atoms with van der Waals surface area (Å²) in [5.41, 5.74) is 0.665. The number of anilines is 1. The number of nitrogens with zero attached hydrogens (tertiary/aromatic N) is 1. The highest BCUT2D eigenvalue weighted by Crippen LogP contribution is 2.24. The summed E-state index contributed by atoms with van der Waals surface area (Å²) < 4.78 is 4.62. The molecule has 2 rings (SSSR count). The Labute approximate surface area is 124 Å². The van der Waals surface area contributed by atoms with Crippen molar-refractivity contribution in [2.45, 2.75) is 6.92 Å². The largest absolute Gasteiger partial charge is 0.465 e. The van der Waals surface area contributed by atoms with E-state index in [1.54, 1.807) is 0 Å². The Kier molecular flexibility index (Phi) is 4.36. The Bertz CT molecular complexity index is 669. The summed E-state index contributed by atoms with van der Waals surface area (Å²) in [5.74, 6) is -0.815. The molecule has 0 unspecified atom stereocenters. The fraction of sp³-hybridized carbons (Fsp3) is 0.154. The third-order valence-electron chi connectivity index (χ3n) is 2.48. The number of amides is 1. The molecule has 0 bridgehead atoms. The number of ether oxygens (including phenoxy) is 1. The SMILES string of the molecule is COC(=O)c1ccc(Cl)c(NC(=O)c2cnc(C)s2)c1. The zero-order valence-electron chi connectivity index (χ0n) is 10.8. The van der Waals surface area contributed by atoms with Crippen LogP contribution in [-0.2, 0) is 4.74 Å². The molecule has 2 aromatic rings. The van der Waals surface area contributed by atoms with Gasteiger partial charge in [-0.15, -0.1) is 11.3 Å². The van der Waals surface area contributed by atoms with E-state index >= 15 is 0 Å². The second-order valence-electron chi connectivity index (χ2n) is 3.88. The van der Waals surface area contributed by atoms with Gasteiger partial charge in [0, 0.05) is 0 Å². The first-order chi connectivity index (χ1) is 9.51. The van der Waals surface area contributed by atoms with Crippen LogP contribution < -0.4 is 5.32 Å². The molecular weight excluding hydrogens is 300 g/mol. The number of rotatable bonds is 3. The summed E-state index contributed by atoms with van der Waals surface area (Å²) in [5, 5.41) is 3.79. The highest BCUT2D eigenvalue weighted by atomic mass is 35.5. The lowest BCUT2D eigenvalue weighted by Crippen LogP contribution is -2.11. The molecule has 0 aliphatic carbocycles. The maximum absolute atomic E-state index is 12.0. The van der Waals surface area contributed by atoms with Crippen LogP contribution in [0.5, 0.6) is 0 Å². The second kappa shape index (κ2) is 6.02. The van der Waals surface area contributed by atoms with Gasteiger partial charge in [0.15, 0.2) is 0 Å². The average Bonchev–Trinajstić information content (AvgIpc) is 2.87. The molecule has 0 aliphatic heterocycles. The number of methoxy groups -OCH3 is 1. The Hall–Kier alpha value is -1.92. The van der Waals surface area contributed by atoms with Gasteiger partial charge < -0.3 is 10.1 Å². The molecule has 0 atom stereocenters. The van der Waals surface area contributed by atoms with Crippen molar-refractivity contribution in [2.24, 2.45) is 0 Å². The van der Waals surface area contributed by atoms with Crippen molar-refractivity contribution in [2.75, 3.05) is 12.4 Å². The van der Waals surface area contributed by atoms with Crippen LogP contribution in [0.15, 0.2) is 24.4 Å². The summed E-state index contributed by atoms with van der Waals surface area (Å²) in [6.07, 6.45) is 1.49. The quantitative estimate of drug-likeness (QED) is 0.884. The molecular formula is C13H11ClN2O3S. The maximum atomic E-state index is 12.0. The summed E-state index contributed by atoms with van der Waals surface area (Å²) in [4.78, 5) is 28.0. The van der Waals surface area contributed by atoms with E-state index in [9.17, 15) is 9.59 Å². The summed E-state index contributed by atoms with van der Waals surface area (Å²) in [7, 11) is 1.29. The number of hydrogen-bond acceptors (Lipinski definition) is 5. The Balaban J connectivity index is 2.24. The maximum Gasteiger partial charge on any atom is 0.337 e. The van der Waals surface area contributed by atoms with E-state index in [4.69, 9.17) is 11.6 Å². The van der Waals surface area contributed by atoms with Crippen molar-refractivity contribution in [3.05, 3.63) is 44.9 Å². The number of nitrogens with one attached hydrogen (secondary N) is 1. The smallest absolute Gasteiger partial charge is 0.337 e. The fourth-order valence-electron chi connectivity index (χ4n) is 1.52. The van der Waals surface area contributed by atoms with E-state index in [0.717, 1.165) is 5.01 Å². The predicted octanol–water partition coefficient (Wildman–Crippen LogP) is 3.14. The highest BCUT2D eigenvalue weighted by Gasteiger charge is 2.13. The average molecular weight is 311 g/mol. The molecule has 0 radical (unpaired) electrons. The van der Waals surface area contributed by atoms with E-state index in [1.165, 1.54) is 42.8 Å². The highest BCUT2D eigenvalue weighted by molar-refractivity contribution is 7.13. The molecule has 20 heavy (non-hydrogen) atoms. The summed E-state index contributed by atoms with van der Waals surface area (Å²) >= 11 is 7.28. The molecule has 1 aromatic heterocycles. The lowest BCUT2D eigenvalue weighted by Gasteiger charge is -2.07. The monoisotopic (exact) mass is 310 g/mol. The molecule has 5 nitrogen and oxygen atoms in total. The first-order valence-corrected chi connectivity index (χ1v) is 6.82. The third-order valence-corrected chi connectivity index (χ3v) is 3.72. The van der Waals surface area contributed by atoms with Crippen LogP contribution in [0.4, 0.5) is 5.69 Å². The number of benzene rings is 1. The topological polar surface area (TPSA) is 68.3 Å². The van der Waals surface area contributed by atoms with E-state index in [1.807, 2.05) is 6.92 Å². The van der Waals surface area contributed by atoms with Crippen LogP contribution in [0.1, 0.15) is 25.0 Å². The summed E-state index contributed by atoms with van der Waals surface area (Å²) in [6, 6.07) is 4.53. The van der Waals surface area contributed by atoms with Crippen molar-refractivity contribution in [3.8, 4) is 0 Å². The minimum absolute atomic E-state index is 0.313. The van der Waals surface area contributed by atoms with Gasteiger partial charge in [-0.3, -0.25) is 4.79 Å². The number of hydrogen-bond donors (Lipinski definition) is 1. The van der Waals surface area contributed by atoms with E-state index in [-0.39, 0.29) is 5.91 Å². The van der Waals surface area contributed by atoms with Gasteiger partial charge in [0.1, 0.15) is 4.88 Å². The van der Waals surface area contributed by atoms with Crippen LogP contribution in [-0.4, -0.2) is 24.0 Å². The van der Waals surface area contributed by atoms with Crippen molar-refractivity contribution in [1.29, 1.82) is 0 Å². The minimum Gasteiger partial charge on any atom is -0.465 e. The molecule has 0 spiro atoms. The van der Waals surface area contributed by atoms with E-state index in [2.05, 4.69) is 15.0 Å². The van der Waals surface area contributed by atoms with Gasteiger partial charge in [-0.05, 0) is 25.1 Å². The molecule has 1 heterocycles. The Morgan fingerprint density at radius 3 is 2.75 bits per heavy atom. The fourth-order valence-corrected chi connectivity index (χ4v) is 2.35. The van der Waals surface area contributed by atoms with Crippen LogP contribution in [0.2, 0.25) is 5.02 Å². The van der Waals surface area contributed by atoms with Gasteiger partial charge in [-0.25, -0.2) is 9.78 Å². The van der Waals surface area contributed by atoms with E-state index in [0.29, 0.717) is 21.2 Å². The molecule has 7 heteroatoms. The second-order valence-corrected chi connectivity index (χ2v) is 5.53. The lowest BCUT2D eigenvalue weighted by molar-refractivity contribution is 0.0600. The number of thiazole rings is 1. The predicted molar refractivity (Wildman–Crippen MR) is 77.6 cm³/mol. The molecule has 1 aromatic carbocycles.